The van der Waals surface area contributed by atoms with Gasteiger partial charge in [-0.25, -0.2) is 0 Å². The minimum Gasteiger partial charge on any atom is -0.354 e. The van der Waals surface area contributed by atoms with Crippen LogP contribution in [-0.2, 0) is 6.18 Å². The summed E-state index contributed by atoms with van der Waals surface area (Å²) in [7, 11) is 0. The van der Waals surface area contributed by atoms with Gasteiger partial charge in [-0.1, -0.05) is 11.2 Å². The van der Waals surface area contributed by atoms with Gasteiger partial charge in [0.25, 0.3) is 0 Å². The van der Waals surface area contributed by atoms with E-state index in [0.717, 1.165) is 12.1 Å². The third kappa shape index (κ3) is 3.42. The van der Waals surface area contributed by atoms with Crippen molar-refractivity contribution in [1.29, 1.82) is 0 Å². The number of H-pyrrole nitrogens is 1. The first kappa shape index (κ1) is 14.9. The van der Waals surface area contributed by atoms with E-state index in [2.05, 4.69) is 15.5 Å². The van der Waals surface area contributed by atoms with Crippen molar-refractivity contribution in [3.63, 3.8) is 0 Å². The Morgan fingerprint density at radius 3 is 2.70 bits per heavy atom. The van der Waals surface area contributed by atoms with Crippen LogP contribution in [0.5, 0.6) is 0 Å². The number of alkyl halides is 3. The van der Waals surface area contributed by atoms with Crippen molar-refractivity contribution < 1.29 is 17.7 Å². The molecular weight excluding hydrogens is 311 g/mol. The molecular formula is C15H10F3N3O2. The minimum atomic E-state index is -4.42. The molecule has 0 saturated heterocycles. The maximum Gasteiger partial charge on any atom is 0.416 e. The molecule has 23 heavy (non-hydrogen) atoms. The minimum absolute atomic E-state index is 0.227. The maximum atomic E-state index is 12.7. The van der Waals surface area contributed by atoms with Gasteiger partial charge in [-0.3, -0.25) is 4.79 Å². The van der Waals surface area contributed by atoms with Crippen LogP contribution in [0.2, 0.25) is 0 Å². The number of nitrogens with one attached hydrogen (secondary N) is 2. The second-order valence-electron chi connectivity index (χ2n) is 4.72. The monoisotopic (exact) mass is 321 g/mol. The molecule has 3 aromatic rings. The van der Waals surface area contributed by atoms with Crippen LogP contribution < -0.4 is 10.9 Å². The molecule has 0 spiro atoms. The van der Waals surface area contributed by atoms with Gasteiger partial charge in [0.15, 0.2) is 11.6 Å². The lowest BCUT2D eigenvalue weighted by atomic mass is 10.2. The summed E-state index contributed by atoms with van der Waals surface area (Å²) < 4.78 is 43.1. The Bertz CT molecular complexity index is 884. The third-order valence-electron chi connectivity index (χ3n) is 3.03. The third-order valence-corrected chi connectivity index (χ3v) is 3.03. The first-order chi connectivity index (χ1) is 10.9. The molecule has 2 N–H and O–H groups in total. The zero-order valence-electron chi connectivity index (χ0n) is 11.5. The Morgan fingerprint density at radius 2 is 1.96 bits per heavy atom. The number of hydrogen-bond donors (Lipinski definition) is 2. The summed E-state index contributed by atoms with van der Waals surface area (Å²) in [4.78, 5) is 13.7. The van der Waals surface area contributed by atoms with Crippen molar-refractivity contribution in [1.82, 2.24) is 10.1 Å². The van der Waals surface area contributed by atoms with Crippen LogP contribution in [0.1, 0.15) is 5.56 Å². The zero-order chi connectivity index (χ0) is 16.4. The Labute approximate surface area is 127 Å². The number of pyridine rings is 1. The Morgan fingerprint density at radius 1 is 1.13 bits per heavy atom. The van der Waals surface area contributed by atoms with Crippen LogP contribution in [-0.4, -0.2) is 10.1 Å². The van der Waals surface area contributed by atoms with E-state index >= 15 is 0 Å². The molecule has 2 aromatic heterocycles. The highest BCUT2D eigenvalue weighted by Gasteiger charge is 2.30. The number of benzene rings is 1. The van der Waals surface area contributed by atoms with Crippen molar-refractivity contribution in [3.05, 3.63) is 64.6 Å². The zero-order valence-corrected chi connectivity index (χ0v) is 11.5. The van der Waals surface area contributed by atoms with Crippen molar-refractivity contribution in [2.24, 2.45) is 0 Å². The van der Waals surface area contributed by atoms with Gasteiger partial charge in [0.05, 0.1) is 5.56 Å². The average molecular weight is 321 g/mol. The summed E-state index contributed by atoms with van der Waals surface area (Å²) in [6.45, 7) is 0. The van der Waals surface area contributed by atoms with E-state index in [1.54, 1.807) is 6.07 Å². The molecule has 0 aliphatic heterocycles. The van der Waals surface area contributed by atoms with Crippen molar-refractivity contribution in [3.8, 4) is 11.3 Å². The summed E-state index contributed by atoms with van der Waals surface area (Å²) in [6, 6.07) is 9.18. The maximum absolute atomic E-state index is 12.7. The summed E-state index contributed by atoms with van der Waals surface area (Å²) in [5.74, 6) is 0.560. The summed E-state index contributed by atoms with van der Waals surface area (Å²) in [6.07, 6.45) is -2.96. The fourth-order valence-electron chi connectivity index (χ4n) is 1.99. The lowest BCUT2D eigenvalue weighted by Gasteiger charge is -2.08. The van der Waals surface area contributed by atoms with E-state index in [9.17, 15) is 18.0 Å². The summed E-state index contributed by atoms with van der Waals surface area (Å²) in [5.41, 5.74) is -0.323. The van der Waals surface area contributed by atoms with Crippen LogP contribution in [0.4, 0.5) is 24.7 Å². The van der Waals surface area contributed by atoms with E-state index in [1.807, 2.05) is 0 Å². The van der Waals surface area contributed by atoms with Crippen LogP contribution in [0.25, 0.3) is 11.3 Å². The normalized spacial score (nSPS) is 11.4. The van der Waals surface area contributed by atoms with Crippen LogP contribution in [0.15, 0.2) is 58.0 Å². The van der Waals surface area contributed by atoms with E-state index in [1.165, 1.54) is 30.5 Å². The second kappa shape index (κ2) is 5.64. The Hall–Kier alpha value is -3.03. The molecule has 8 heteroatoms. The van der Waals surface area contributed by atoms with Gasteiger partial charge in [0.2, 0.25) is 5.56 Å². The predicted molar refractivity (Wildman–Crippen MR) is 77.3 cm³/mol. The lowest BCUT2D eigenvalue weighted by Crippen LogP contribution is -2.05. The molecule has 0 bridgehead atoms. The average Bonchev–Trinajstić information content (AvgIpc) is 2.95. The molecule has 0 aliphatic carbocycles. The molecule has 118 valence electrons. The van der Waals surface area contributed by atoms with E-state index < -0.39 is 11.7 Å². The summed E-state index contributed by atoms with van der Waals surface area (Å²) in [5, 5.41) is 6.46. The first-order valence-electron chi connectivity index (χ1n) is 6.52. The van der Waals surface area contributed by atoms with Crippen LogP contribution in [0, 0.1) is 0 Å². The number of aromatic amines is 1. The standard InChI is InChI=1S/C15H10F3N3O2/c16-15(17,18)10-2-1-3-11(7-10)20-13-8-12(23-21-13)9-4-5-19-14(22)6-9/h1-8H,(H,19,22)(H,20,21). The fourth-order valence-corrected chi connectivity index (χ4v) is 1.99. The predicted octanol–water partition coefficient (Wildman–Crippen LogP) is 3.79. The number of halogens is 3. The highest BCUT2D eigenvalue weighted by Crippen LogP contribution is 2.31. The molecule has 0 radical (unpaired) electrons. The molecule has 5 nitrogen and oxygen atoms in total. The van der Waals surface area contributed by atoms with E-state index in [-0.39, 0.29) is 17.1 Å². The molecule has 3 rings (SSSR count). The lowest BCUT2D eigenvalue weighted by molar-refractivity contribution is -0.137. The van der Waals surface area contributed by atoms with Gasteiger partial charge >= 0.3 is 6.18 Å². The van der Waals surface area contributed by atoms with Gasteiger partial charge in [0.1, 0.15) is 0 Å². The van der Waals surface area contributed by atoms with Gasteiger partial charge in [0, 0.05) is 29.6 Å². The van der Waals surface area contributed by atoms with E-state index in [4.69, 9.17) is 4.52 Å². The number of rotatable bonds is 3. The molecule has 0 amide bonds. The van der Waals surface area contributed by atoms with Crippen LogP contribution >= 0.6 is 0 Å². The van der Waals surface area contributed by atoms with Gasteiger partial charge in [-0.05, 0) is 24.3 Å². The number of aromatic nitrogens is 2. The highest BCUT2D eigenvalue weighted by atomic mass is 19.4. The first-order valence-corrected chi connectivity index (χ1v) is 6.52. The Kier molecular flexibility index (Phi) is 3.65. The van der Waals surface area contributed by atoms with Gasteiger partial charge in [-0.2, -0.15) is 13.2 Å². The number of anilines is 2. The van der Waals surface area contributed by atoms with Crippen molar-refractivity contribution >= 4 is 11.5 Å². The Balaban J connectivity index is 1.84. The topological polar surface area (TPSA) is 70.9 Å². The molecule has 0 aliphatic rings. The summed E-state index contributed by atoms with van der Waals surface area (Å²) >= 11 is 0. The number of hydrogen-bond acceptors (Lipinski definition) is 4. The van der Waals surface area contributed by atoms with Crippen LogP contribution in [0.3, 0.4) is 0 Å². The number of nitrogens with zero attached hydrogens (tertiary/aromatic N) is 1. The van der Waals surface area contributed by atoms with Gasteiger partial charge < -0.3 is 14.8 Å². The van der Waals surface area contributed by atoms with Gasteiger partial charge in [-0.15, -0.1) is 0 Å². The molecule has 0 fully saturated rings. The SMILES string of the molecule is O=c1cc(-c2cc(Nc3cccc(C(F)(F)F)c3)no2)cc[nH]1. The highest BCUT2D eigenvalue weighted by molar-refractivity contribution is 5.64. The molecule has 0 atom stereocenters. The molecule has 0 saturated carbocycles. The fraction of sp³-hybridized carbons (Fsp3) is 0.0667. The van der Waals surface area contributed by atoms with Crippen molar-refractivity contribution in [2.75, 3.05) is 5.32 Å². The van der Waals surface area contributed by atoms with E-state index in [0.29, 0.717) is 11.3 Å². The van der Waals surface area contributed by atoms with Crippen molar-refractivity contribution in [2.45, 2.75) is 6.18 Å². The smallest absolute Gasteiger partial charge is 0.354 e. The second-order valence-corrected chi connectivity index (χ2v) is 4.72. The molecule has 0 unspecified atom stereocenters. The molecule has 2 heterocycles. The largest absolute Gasteiger partial charge is 0.416 e. The quantitative estimate of drug-likeness (QED) is 0.770. The molecule has 1 aromatic carbocycles.